The molecule has 0 rings (SSSR count). The van der Waals surface area contributed by atoms with E-state index in [1.165, 1.54) is 0 Å². The van der Waals surface area contributed by atoms with Gasteiger partial charge in [-0.25, -0.2) is 0 Å². The number of nitrogens with one attached hydrogen (secondary N) is 2. The second-order valence-corrected chi connectivity index (χ2v) is 2.31. The number of rotatable bonds is 6. The molecule has 0 fully saturated rings. The first-order valence-electron chi connectivity index (χ1n) is 3.72. The van der Waals surface area contributed by atoms with Crippen molar-refractivity contribution in [2.45, 2.75) is 26.7 Å². The summed E-state index contributed by atoms with van der Waals surface area (Å²) in [4.78, 5) is 10.4. The highest BCUT2D eigenvalue weighted by Gasteiger charge is 1.89. The maximum Gasteiger partial charge on any atom is 0.131 e. The van der Waals surface area contributed by atoms with Gasteiger partial charge in [0.15, 0.2) is 0 Å². The van der Waals surface area contributed by atoms with Gasteiger partial charge in [0.25, 0.3) is 0 Å². The van der Waals surface area contributed by atoms with E-state index in [0.29, 0.717) is 6.42 Å². The maximum absolute atomic E-state index is 10.4. The van der Waals surface area contributed by atoms with Crippen LogP contribution in [-0.4, -0.2) is 18.9 Å². The van der Waals surface area contributed by atoms with Gasteiger partial charge in [-0.15, -0.1) is 0 Å². The van der Waals surface area contributed by atoms with Gasteiger partial charge in [0.2, 0.25) is 0 Å². The molecule has 3 heteroatoms. The molecule has 0 heterocycles. The summed E-state index contributed by atoms with van der Waals surface area (Å²) in [6.07, 6.45) is 1.71. The Bertz CT molecular complexity index is 93.6. The van der Waals surface area contributed by atoms with Crippen LogP contribution in [0.4, 0.5) is 0 Å². The lowest BCUT2D eigenvalue weighted by molar-refractivity contribution is -0.116. The lowest BCUT2D eigenvalue weighted by Crippen LogP contribution is -2.33. The molecule has 0 aliphatic rings. The molecule has 0 saturated carbocycles. The van der Waals surface area contributed by atoms with Gasteiger partial charge in [-0.3, -0.25) is 15.6 Å². The molecule has 0 unspecified atom stereocenters. The molecule has 2 N–H and O–H groups in total. The standard InChI is InChI=1S/C7H16N2O/c1-3-5-8-9-6-4-7(2)10/h8-9H,3-6H2,1-2H3. The van der Waals surface area contributed by atoms with Crippen LogP contribution >= 0.6 is 0 Å². The fourth-order valence-electron chi connectivity index (χ4n) is 0.540. The van der Waals surface area contributed by atoms with Crippen LogP contribution in [0.15, 0.2) is 0 Å². The maximum atomic E-state index is 10.4. The van der Waals surface area contributed by atoms with Crippen molar-refractivity contribution in [3.63, 3.8) is 0 Å². The van der Waals surface area contributed by atoms with Crippen molar-refractivity contribution in [1.29, 1.82) is 0 Å². The lowest BCUT2D eigenvalue weighted by atomic mass is 10.3. The van der Waals surface area contributed by atoms with Crippen molar-refractivity contribution < 1.29 is 4.79 Å². The van der Waals surface area contributed by atoms with Crippen LogP contribution in [0.1, 0.15) is 26.7 Å². The minimum absolute atomic E-state index is 0.228. The lowest BCUT2D eigenvalue weighted by Gasteiger charge is -2.02. The van der Waals surface area contributed by atoms with Crippen LogP contribution in [0.3, 0.4) is 0 Å². The Morgan fingerprint density at radius 3 is 2.40 bits per heavy atom. The smallest absolute Gasteiger partial charge is 0.131 e. The number of Topliss-reactive ketones (excluding diaryl/α,β-unsaturated/α-hetero) is 1. The highest BCUT2D eigenvalue weighted by molar-refractivity contribution is 5.75. The molecule has 0 aromatic carbocycles. The van der Waals surface area contributed by atoms with E-state index in [1.54, 1.807) is 6.92 Å². The Balaban J connectivity index is 2.84. The zero-order valence-corrected chi connectivity index (χ0v) is 6.74. The molecule has 0 aliphatic carbocycles. The van der Waals surface area contributed by atoms with Gasteiger partial charge in [-0.05, 0) is 13.3 Å². The average molecular weight is 144 g/mol. The van der Waals surface area contributed by atoms with E-state index in [0.717, 1.165) is 19.5 Å². The molecule has 0 amide bonds. The van der Waals surface area contributed by atoms with Crippen LogP contribution in [0.25, 0.3) is 0 Å². The molecule has 0 spiro atoms. The van der Waals surface area contributed by atoms with E-state index in [-0.39, 0.29) is 5.78 Å². The predicted octanol–water partition coefficient (Wildman–Crippen LogP) is 0.470. The van der Waals surface area contributed by atoms with Crippen molar-refractivity contribution in [3.05, 3.63) is 0 Å². The minimum atomic E-state index is 0.228. The minimum Gasteiger partial charge on any atom is -0.300 e. The van der Waals surface area contributed by atoms with E-state index >= 15 is 0 Å². The van der Waals surface area contributed by atoms with Crippen molar-refractivity contribution in [2.75, 3.05) is 13.1 Å². The Kier molecular flexibility index (Phi) is 6.43. The Labute approximate surface area is 62.2 Å². The van der Waals surface area contributed by atoms with Crippen LogP contribution in [0, 0.1) is 0 Å². The summed E-state index contributed by atoms with van der Waals surface area (Å²) >= 11 is 0. The normalized spacial score (nSPS) is 9.80. The SMILES string of the molecule is CCCNNCCC(C)=O. The first-order valence-corrected chi connectivity index (χ1v) is 3.72. The first-order chi connectivity index (χ1) is 4.77. The van der Waals surface area contributed by atoms with E-state index in [1.807, 2.05) is 0 Å². The van der Waals surface area contributed by atoms with Gasteiger partial charge < -0.3 is 0 Å². The van der Waals surface area contributed by atoms with Crippen molar-refractivity contribution in [2.24, 2.45) is 0 Å². The van der Waals surface area contributed by atoms with Gasteiger partial charge in [-0.1, -0.05) is 6.92 Å². The van der Waals surface area contributed by atoms with E-state index < -0.39 is 0 Å². The summed E-state index contributed by atoms with van der Waals surface area (Å²) in [5.41, 5.74) is 5.94. The first kappa shape index (κ1) is 9.59. The van der Waals surface area contributed by atoms with Gasteiger partial charge >= 0.3 is 0 Å². The summed E-state index contributed by atoms with van der Waals surface area (Å²) in [7, 11) is 0. The molecule has 0 bridgehead atoms. The summed E-state index contributed by atoms with van der Waals surface area (Å²) in [6.45, 7) is 5.38. The molecule has 0 radical (unpaired) electrons. The van der Waals surface area contributed by atoms with E-state index in [4.69, 9.17) is 0 Å². The zero-order valence-electron chi connectivity index (χ0n) is 6.74. The van der Waals surface area contributed by atoms with Crippen molar-refractivity contribution in [3.8, 4) is 0 Å². The highest BCUT2D eigenvalue weighted by atomic mass is 16.1. The molecule has 60 valence electrons. The summed E-state index contributed by atoms with van der Waals surface area (Å²) in [5.74, 6) is 0.228. The van der Waals surface area contributed by atoms with Crippen LogP contribution < -0.4 is 10.9 Å². The van der Waals surface area contributed by atoms with Crippen molar-refractivity contribution >= 4 is 5.78 Å². The molecule has 0 atom stereocenters. The number of carbonyl (C=O) groups is 1. The fourth-order valence-corrected chi connectivity index (χ4v) is 0.540. The van der Waals surface area contributed by atoms with E-state index in [2.05, 4.69) is 17.8 Å². The average Bonchev–Trinajstić information content (AvgIpc) is 1.87. The number of hydrogen-bond acceptors (Lipinski definition) is 3. The van der Waals surface area contributed by atoms with Crippen LogP contribution in [0.5, 0.6) is 0 Å². The zero-order chi connectivity index (χ0) is 7.82. The number of ketones is 1. The molecule has 0 aromatic rings. The number of carbonyl (C=O) groups excluding carboxylic acids is 1. The number of hydrazine groups is 1. The molecular weight excluding hydrogens is 128 g/mol. The quantitative estimate of drug-likeness (QED) is 0.420. The number of hydrogen-bond donors (Lipinski definition) is 2. The molecule has 0 aromatic heterocycles. The summed E-state index contributed by atoms with van der Waals surface area (Å²) < 4.78 is 0. The monoisotopic (exact) mass is 144 g/mol. The summed E-state index contributed by atoms with van der Waals surface area (Å²) in [6, 6.07) is 0. The van der Waals surface area contributed by atoms with Crippen LogP contribution in [-0.2, 0) is 4.79 Å². The van der Waals surface area contributed by atoms with Crippen LogP contribution in [0.2, 0.25) is 0 Å². The largest absolute Gasteiger partial charge is 0.300 e. The van der Waals surface area contributed by atoms with Crippen molar-refractivity contribution in [1.82, 2.24) is 10.9 Å². The van der Waals surface area contributed by atoms with Gasteiger partial charge in [0, 0.05) is 19.5 Å². The Hall–Kier alpha value is -0.410. The second-order valence-electron chi connectivity index (χ2n) is 2.31. The van der Waals surface area contributed by atoms with Gasteiger partial charge in [-0.2, -0.15) is 0 Å². The molecule has 10 heavy (non-hydrogen) atoms. The molecule has 0 saturated heterocycles. The Morgan fingerprint density at radius 2 is 1.90 bits per heavy atom. The Morgan fingerprint density at radius 1 is 1.30 bits per heavy atom. The topological polar surface area (TPSA) is 41.1 Å². The highest BCUT2D eigenvalue weighted by Crippen LogP contribution is 1.75. The molecular formula is C7H16N2O. The van der Waals surface area contributed by atoms with E-state index in [9.17, 15) is 4.79 Å². The fraction of sp³-hybridized carbons (Fsp3) is 0.857. The third kappa shape index (κ3) is 7.59. The predicted molar refractivity (Wildman–Crippen MR) is 41.6 cm³/mol. The summed E-state index contributed by atoms with van der Waals surface area (Å²) in [5, 5.41) is 0. The van der Waals surface area contributed by atoms with Gasteiger partial charge in [0.1, 0.15) is 5.78 Å². The third-order valence-corrected chi connectivity index (χ3v) is 1.10. The third-order valence-electron chi connectivity index (χ3n) is 1.10. The second kappa shape index (κ2) is 6.71. The molecule has 3 nitrogen and oxygen atoms in total. The van der Waals surface area contributed by atoms with Gasteiger partial charge in [0.05, 0.1) is 0 Å². The molecule has 0 aliphatic heterocycles.